The van der Waals surface area contributed by atoms with Gasteiger partial charge in [-0.05, 0) is 61.1 Å². The monoisotopic (exact) mass is 504 g/mol. The molecule has 2 aromatic carbocycles. The maximum atomic E-state index is 13.6. The van der Waals surface area contributed by atoms with Crippen molar-refractivity contribution in [3.8, 4) is 17.0 Å². The molecule has 2 aliphatic rings. The fraction of sp³-hybridized carbons (Fsp3) is 0.444. The highest BCUT2D eigenvalue weighted by molar-refractivity contribution is 5.66. The van der Waals surface area contributed by atoms with Gasteiger partial charge in [0.05, 0.1) is 31.3 Å². The molecule has 3 aromatic rings. The van der Waals surface area contributed by atoms with Crippen LogP contribution in [0.1, 0.15) is 47.9 Å². The van der Waals surface area contributed by atoms with Gasteiger partial charge in [-0.3, -0.25) is 0 Å². The molecule has 1 saturated heterocycles. The average molecular weight is 505 g/mol. The summed E-state index contributed by atoms with van der Waals surface area (Å²) in [6.45, 7) is 0.366. The molecule has 1 aliphatic heterocycles. The summed E-state index contributed by atoms with van der Waals surface area (Å²) in [6.07, 6.45) is -1.30. The molecule has 2 heterocycles. The summed E-state index contributed by atoms with van der Waals surface area (Å²) >= 11 is 0. The second-order valence-corrected chi connectivity index (χ2v) is 9.79. The van der Waals surface area contributed by atoms with Crippen LogP contribution < -0.4 is 4.74 Å². The Hall–Kier alpha value is -2.91. The van der Waals surface area contributed by atoms with E-state index in [1.807, 2.05) is 0 Å². The van der Waals surface area contributed by atoms with Crippen LogP contribution in [0.5, 0.6) is 5.75 Å². The highest BCUT2D eigenvalue weighted by Crippen LogP contribution is 2.57. The van der Waals surface area contributed by atoms with E-state index in [2.05, 4.69) is 4.98 Å². The van der Waals surface area contributed by atoms with Crippen molar-refractivity contribution in [2.45, 2.75) is 42.9 Å². The second-order valence-electron chi connectivity index (χ2n) is 9.79. The van der Waals surface area contributed by atoms with Crippen molar-refractivity contribution in [3.05, 3.63) is 71.4 Å². The summed E-state index contributed by atoms with van der Waals surface area (Å²) in [7, 11) is 3.07. The lowest BCUT2D eigenvalue weighted by Crippen LogP contribution is -2.34. The zero-order valence-corrected chi connectivity index (χ0v) is 20.1. The predicted octanol–water partition coefficient (Wildman–Crippen LogP) is 5.68. The third kappa shape index (κ3) is 4.18. The van der Waals surface area contributed by atoms with Crippen molar-refractivity contribution in [1.82, 2.24) is 9.55 Å². The van der Waals surface area contributed by atoms with Crippen LogP contribution in [0.25, 0.3) is 11.3 Å². The first-order chi connectivity index (χ1) is 17.2. The number of aryl methyl sites for hydroxylation is 1. The molecule has 36 heavy (non-hydrogen) atoms. The molecule has 0 radical (unpaired) electrons. The van der Waals surface area contributed by atoms with Crippen LogP contribution in [0.3, 0.4) is 0 Å². The number of halogens is 4. The Labute approximate surface area is 206 Å². The van der Waals surface area contributed by atoms with Crippen LogP contribution >= 0.6 is 0 Å². The number of imidazole rings is 1. The third-order valence-electron chi connectivity index (χ3n) is 7.75. The fourth-order valence-electron chi connectivity index (χ4n) is 6.20. The number of hydrogen-bond donors (Lipinski definition) is 1. The number of benzene rings is 2. The van der Waals surface area contributed by atoms with E-state index < -0.39 is 17.5 Å². The number of aliphatic hydroxyl groups is 1. The first kappa shape index (κ1) is 24.8. The normalized spacial score (nSPS) is 26.1. The molecule has 2 fully saturated rings. The van der Waals surface area contributed by atoms with Gasteiger partial charge in [0.15, 0.2) is 5.69 Å². The highest BCUT2D eigenvalue weighted by atomic mass is 19.4. The third-order valence-corrected chi connectivity index (χ3v) is 7.75. The zero-order chi connectivity index (χ0) is 25.7. The first-order valence-corrected chi connectivity index (χ1v) is 11.9. The maximum absolute atomic E-state index is 13.6. The lowest BCUT2D eigenvalue weighted by Gasteiger charge is -2.33. The van der Waals surface area contributed by atoms with Gasteiger partial charge in [-0.25, -0.2) is 9.37 Å². The summed E-state index contributed by atoms with van der Waals surface area (Å²) in [5.74, 6) is -0.00747. The zero-order valence-electron chi connectivity index (χ0n) is 20.1. The maximum Gasteiger partial charge on any atom is 0.435 e. The topological polar surface area (TPSA) is 56.5 Å². The molecule has 0 amide bonds. The van der Waals surface area contributed by atoms with Gasteiger partial charge in [-0.1, -0.05) is 12.1 Å². The molecule has 0 bridgehead atoms. The van der Waals surface area contributed by atoms with E-state index in [0.717, 1.165) is 30.3 Å². The Morgan fingerprint density at radius 3 is 2.61 bits per heavy atom. The lowest BCUT2D eigenvalue weighted by atomic mass is 9.76. The van der Waals surface area contributed by atoms with Crippen LogP contribution in [0.4, 0.5) is 17.6 Å². The van der Waals surface area contributed by atoms with Gasteiger partial charge < -0.3 is 19.1 Å². The van der Waals surface area contributed by atoms with E-state index in [-0.39, 0.29) is 35.9 Å². The van der Waals surface area contributed by atoms with Crippen molar-refractivity contribution < 1.29 is 32.1 Å². The van der Waals surface area contributed by atoms with Crippen LogP contribution in [0.15, 0.2) is 48.8 Å². The van der Waals surface area contributed by atoms with E-state index in [9.17, 15) is 22.7 Å². The summed E-state index contributed by atoms with van der Waals surface area (Å²) in [6, 6.07) is 11.4. The molecule has 1 N–H and O–H groups in total. The molecule has 4 atom stereocenters. The summed E-state index contributed by atoms with van der Waals surface area (Å²) < 4.78 is 67.9. The molecule has 5 nitrogen and oxygen atoms in total. The second kappa shape index (κ2) is 9.19. The van der Waals surface area contributed by atoms with E-state index in [0.29, 0.717) is 24.3 Å². The predicted molar refractivity (Wildman–Crippen MR) is 125 cm³/mol. The van der Waals surface area contributed by atoms with Crippen LogP contribution in [-0.2, 0) is 18.0 Å². The number of aliphatic hydroxyl groups excluding tert-OH is 1. The molecular weight excluding hydrogens is 476 g/mol. The number of methoxy groups -OCH3 is 1. The van der Waals surface area contributed by atoms with Gasteiger partial charge >= 0.3 is 6.18 Å². The number of hydrogen-bond acceptors (Lipinski definition) is 4. The molecule has 192 valence electrons. The average Bonchev–Trinajstić information content (AvgIpc) is 3.56. The number of aromatic nitrogens is 2. The van der Waals surface area contributed by atoms with Crippen LogP contribution in [0, 0.1) is 11.7 Å². The minimum atomic E-state index is -4.58. The van der Waals surface area contributed by atoms with Gasteiger partial charge in [0.1, 0.15) is 11.6 Å². The highest BCUT2D eigenvalue weighted by Gasteiger charge is 2.54. The summed E-state index contributed by atoms with van der Waals surface area (Å²) in [5.41, 5.74) is 0.587. The molecule has 5 rings (SSSR count). The molecule has 1 aromatic heterocycles. The Morgan fingerprint density at radius 2 is 1.94 bits per heavy atom. The van der Waals surface area contributed by atoms with Gasteiger partial charge in [-0.15, -0.1) is 0 Å². The van der Waals surface area contributed by atoms with E-state index >= 15 is 0 Å². The van der Waals surface area contributed by atoms with Gasteiger partial charge in [0.2, 0.25) is 0 Å². The molecular formula is C27H28F4N2O3. The Balaban J connectivity index is 1.52. The van der Waals surface area contributed by atoms with Gasteiger partial charge in [0.25, 0.3) is 0 Å². The minimum absolute atomic E-state index is 0.00264. The van der Waals surface area contributed by atoms with Gasteiger partial charge in [-0.2, -0.15) is 13.2 Å². The van der Waals surface area contributed by atoms with E-state index in [1.165, 1.54) is 30.9 Å². The quantitative estimate of drug-likeness (QED) is 0.454. The summed E-state index contributed by atoms with van der Waals surface area (Å²) in [5, 5.41) is 10.1. The van der Waals surface area contributed by atoms with Crippen molar-refractivity contribution >= 4 is 0 Å². The largest absolute Gasteiger partial charge is 0.496 e. The SMILES string of the molecule is COc1ccc(-c2c(C(F)(F)F)ncn2C)cc1C1CO[C@]2(CC[C@H](CO)[C@H]2c2ccc(F)cc2)C1. The molecule has 1 aliphatic carbocycles. The Morgan fingerprint density at radius 1 is 1.19 bits per heavy atom. The Bertz CT molecular complexity index is 1240. The molecule has 1 unspecified atom stereocenters. The van der Waals surface area contributed by atoms with Crippen LogP contribution in [-0.4, -0.2) is 40.6 Å². The number of nitrogens with zero attached hydrogens (tertiary/aromatic N) is 2. The fourth-order valence-corrected chi connectivity index (χ4v) is 6.20. The van der Waals surface area contributed by atoms with Crippen LogP contribution in [0.2, 0.25) is 0 Å². The molecule has 1 spiro atoms. The Kier molecular flexibility index (Phi) is 6.32. The number of ether oxygens (including phenoxy) is 2. The number of rotatable bonds is 5. The minimum Gasteiger partial charge on any atom is -0.496 e. The lowest BCUT2D eigenvalue weighted by molar-refractivity contribution is -0.140. The van der Waals surface area contributed by atoms with E-state index in [4.69, 9.17) is 9.47 Å². The van der Waals surface area contributed by atoms with Crippen molar-refractivity contribution in [2.75, 3.05) is 20.3 Å². The number of alkyl halides is 3. The van der Waals surface area contributed by atoms with Crippen molar-refractivity contribution in [2.24, 2.45) is 13.0 Å². The molecule has 9 heteroatoms. The van der Waals surface area contributed by atoms with Crippen molar-refractivity contribution in [3.63, 3.8) is 0 Å². The van der Waals surface area contributed by atoms with Crippen molar-refractivity contribution in [1.29, 1.82) is 0 Å². The van der Waals surface area contributed by atoms with Gasteiger partial charge in [0, 0.05) is 36.6 Å². The first-order valence-electron chi connectivity index (χ1n) is 11.9. The summed E-state index contributed by atoms with van der Waals surface area (Å²) in [4.78, 5) is 3.59. The smallest absolute Gasteiger partial charge is 0.435 e. The van der Waals surface area contributed by atoms with E-state index in [1.54, 1.807) is 30.3 Å². The molecule has 1 saturated carbocycles. The standard InChI is InChI=1S/C27H28F4N2O3/c1-33-15-32-25(27(29,30)31)24(33)17-5-8-22(35-2)21(11-17)19-12-26(36-14-19)10-9-18(13-34)23(26)16-3-6-20(28)7-4-16/h3-8,11,15,18-19,23,34H,9-10,12-14H2,1-2H3/t18-,19?,23-,26-/m1/s1.